The van der Waals surface area contributed by atoms with E-state index in [2.05, 4.69) is 51.8 Å². The highest BCUT2D eigenvalue weighted by atomic mass is 19.1. The molecule has 7 rings (SSSR count). The summed E-state index contributed by atoms with van der Waals surface area (Å²) in [5, 5.41) is 6.37. The molecule has 0 spiro atoms. The van der Waals surface area contributed by atoms with E-state index in [-0.39, 0.29) is 22.8 Å². The summed E-state index contributed by atoms with van der Waals surface area (Å²) in [5.41, 5.74) is 11.5. The van der Waals surface area contributed by atoms with Crippen molar-refractivity contribution in [2.45, 2.75) is 111 Å². The number of nitrogens with one attached hydrogen (secondary N) is 2. The normalized spacial score (nSPS) is 14.6. The number of nitrogens with two attached hydrogens (primary N) is 1. The van der Waals surface area contributed by atoms with Crippen LogP contribution >= 0.6 is 0 Å². The molecule has 4 N–H and O–H groups in total. The number of carbonyl (C=O) groups excluding carboxylic acids is 2. The Morgan fingerprint density at radius 1 is 0.848 bits per heavy atom. The zero-order valence-electron chi connectivity index (χ0n) is 40.2. The first-order valence-corrected chi connectivity index (χ1v) is 23.5. The molecule has 0 unspecified atom stereocenters. The van der Waals surface area contributed by atoms with Gasteiger partial charge in [-0.3, -0.25) is 24.4 Å². The van der Waals surface area contributed by atoms with Crippen molar-refractivity contribution in [1.82, 2.24) is 25.2 Å². The first-order chi connectivity index (χ1) is 31.8. The van der Waals surface area contributed by atoms with Gasteiger partial charge in [0.25, 0.3) is 6.47 Å². The lowest BCUT2D eigenvalue weighted by Crippen LogP contribution is -2.29. The molecule has 15 nitrogen and oxygen atoms in total. The highest BCUT2D eigenvalue weighted by Gasteiger charge is 2.27. The Bertz CT molecular complexity index is 2100. The van der Waals surface area contributed by atoms with Gasteiger partial charge in [-0.2, -0.15) is 0 Å². The maximum Gasteiger partial charge on any atom is 0.293 e. The van der Waals surface area contributed by atoms with E-state index in [0.717, 1.165) is 61.2 Å². The van der Waals surface area contributed by atoms with Crippen LogP contribution in [0, 0.1) is 19.7 Å². The van der Waals surface area contributed by atoms with Gasteiger partial charge in [0.2, 0.25) is 5.91 Å². The molecule has 66 heavy (non-hydrogen) atoms. The van der Waals surface area contributed by atoms with E-state index in [0.29, 0.717) is 94.8 Å². The topological polar surface area (TPSA) is 175 Å². The smallest absolute Gasteiger partial charge is 0.293 e. The molecule has 3 aliphatic rings. The number of aryl methyl sites for hydroxylation is 2. The van der Waals surface area contributed by atoms with E-state index >= 15 is 0 Å². The standard InChI is InChI=1S/C24H27FN4O.C11H16N2.C10H22N2O4.C5H10O2/c1-16-10-17(6-7-27-16)13-26-14-18-15-29(19-4-5-19)22-12-23(28-8-2-3-9-28)21(25)11-20(22)24(18)30;1-10-5-6-11(9-12-10)13-7-3-2-4-8-13;1-12-10(13)2-4-14-6-8-16-9-7-15-5-3-11;1-5(2,3)7-4-6/h6-7,10-12,15,19,26H,2-5,8-9,13-14H2,1H3;5-6,9H,2-4,7-8H2,1H3;2-9,11H2,1H3,(H,12,13);4H,1-3H3. The predicted molar refractivity (Wildman–Crippen MR) is 260 cm³/mol. The molecule has 1 aliphatic carbocycles. The number of rotatable bonds is 19. The van der Waals surface area contributed by atoms with Crippen molar-refractivity contribution in [3.63, 3.8) is 0 Å². The van der Waals surface area contributed by atoms with Crippen molar-refractivity contribution in [2.24, 2.45) is 5.73 Å². The Morgan fingerprint density at radius 3 is 2.08 bits per heavy atom. The van der Waals surface area contributed by atoms with Gasteiger partial charge in [0.15, 0.2) is 5.43 Å². The first kappa shape index (κ1) is 53.6. The second kappa shape index (κ2) is 28.9. The predicted octanol–water partition coefficient (Wildman–Crippen LogP) is 6.54. The van der Waals surface area contributed by atoms with Crippen molar-refractivity contribution in [1.29, 1.82) is 0 Å². The second-order valence-electron chi connectivity index (χ2n) is 17.6. The third-order valence-electron chi connectivity index (χ3n) is 10.9. The van der Waals surface area contributed by atoms with Crippen molar-refractivity contribution in [3.05, 3.63) is 93.5 Å². The van der Waals surface area contributed by atoms with Crippen molar-refractivity contribution in [2.75, 3.05) is 89.2 Å². The molecule has 5 heterocycles. The number of halogens is 1. The Morgan fingerprint density at radius 2 is 1.50 bits per heavy atom. The molecule has 4 aromatic rings. The van der Waals surface area contributed by atoms with E-state index < -0.39 is 0 Å². The van der Waals surface area contributed by atoms with Crippen LogP contribution < -0.4 is 31.6 Å². The maximum atomic E-state index is 14.9. The first-order valence-electron chi connectivity index (χ1n) is 23.5. The van der Waals surface area contributed by atoms with Crippen LogP contribution in [0.5, 0.6) is 0 Å². The molecule has 0 atom stereocenters. The molecule has 364 valence electrons. The number of fused-ring (bicyclic) bond motifs is 1. The lowest BCUT2D eigenvalue weighted by atomic mass is 10.1. The van der Waals surface area contributed by atoms with Gasteiger partial charge >= 0.3 is 0 Å². The fourth-order valence-electron chi connectivity index (χ4n) is 7.31. The summed E-state index contributed by atoms with van der Waals surface area (Å²) in [6, 6.07) is 12.0. The summed E-state index contributed by atoms with van der Waals surface area (Å²) in [6.07, 6.45) is 14.6. The molecule has 3 fully saturated rings. The van der Waals surface area contributed by atoms with Gasteiger partial charge in [-0.25, -0.2) is 4.39 Å². The second-order valence-corrected chi connectivity index (χ2v) is 17.6. The molecule has 0 bridgehead atoms. The molecule has 3 aromatic heterocycles. The fourth-order valence-corrected chi connectivity index (χ4v) is 7.31. The van der Waals surface area contributed by atoms with Crippen molar-refractivity contribution in [3.8, 4) is 0 Å². The van der Waals surface area contributed by atoms with Crippen LogP contribution in [0.3, 0.4) is 0 Å². The summed E-state index contributed by atoms with van der Waals surface area (Å²) >= 11 is 0. The highest BCUT2D eigenvalue weighted by Crippen LogP contribution is 2.38. The molecule has 2 saturated heterocycles. The number of hydrogen-bond donors (Lipinski definition) is 3. The van der Waals surface area contributed by atoms with E-state index in [1.54, 1.807) is 13.2 Å². The number of pyridine rings is 3. The Balaban J connectivity index is 0.000000222. The van der Waals surface area contributed by atoms with Gasteiger partial charge < -0.3 is 49.7 Å². The lowest BCUT2D eigenvalue weighted by Gasteiger charge is -2.28. The molecular formula is C50H75FN8O7. The average molecular weight is 919 g/mol. The quantitative estimate of drug-likeness (QED) is 0.0684. The zero-order chi connectivity index (χ0) is 47.7. The monoisotopic (exact) mass is 919 g/mol. The Labute approximate surface area is 390 Å². The van der Waals surface area contributed by atoms with Gasteiger partial charge in [0.1, 0.15) is 11.4 Å². The lowest BCUT2D eigenvalue weighted by molar-refractivity contribution is -0.138. The minimum absolute atomic E-state index is 0.0175. The van der Waals surface area contributed by atoms with Gasteiger partial charge in [0, 0.05) is 100 Å². The molecular weight excluding hydrogens is 844 g/mol. The van der Waals surface area contributed by atoms with E-state index in [1.807, 2.05) is 65.2 Å². The van der Waals surface area contributed by atoms with Crippen LogP contribution in [0.2, 0.25) is 0 Å². The third-order valence-corrected chi connectivity index (χ3v) is 10.9. The summed E-state index contributed by atoms with van der Waals surface area (Å²) in [5.74, 6) is -0.308. The number of hydrogen-bond acceptors (Lipinski definition) is 13. The number of aromatic nitrogens is 3. The fraction of sp³-hybridized carbons (Fsp3) is 0.580. The van der Waals surface area contributed by atoms with Crippen LogP contribution in [0.1, 0.15) is 101 Å². The van der Waals surface area contributed by atoms with Crippen LogP contribution in [-0.4, -0.2) is 112 Å². The number of carbonyl (C=O) groups is 2. The highest BCUT2D eigenvalue weighted by molar-refractivity contribution is 5.84. The SMILES string of the molecule is CC(C)(C)OC=O.CNC(=O)CCOCCOCCOCCN.Cc1cc(CNCc2cn(C3CC3)c3cc(N4CCCC4)c(F)cc3c2=O)ccn1.Cc1ccc(N2CCCCC2)cn1. The minimum Gasteiger partial charge on any atom is -0.462 e. The zero-order valence-corrected chi connectivity index (χ0v) is 40.2. The van der Waals surface area contributed by atoms with E-state index in [4.69, 9.17) is 19.9 Å². The van der Waals surface area contributed by atoms with Gasteiger partial charge in [-0.1, -0.05) is 0 Å². The largest absolute Gasteiger partial charge is 0.462 e. The summed E-state index contributed by atoms with van der Waals surface area (Å²) in [6.45, 7) is 18.8. The summed E-state index contributed by atoms with van der Waals surface area (Å²) in [4.78, 5) is 46.6. The Kier molecular flexibility index (Phi) is 23.5. The molecule has 1 amide bonds. The van der Waals surface area contributed by atoms with Crippen LogP contribution in [0.4, 0.5) is 15.8 Å². The third kappa shape index (κ3) is 19.5. The van der Waals surface area contributed by atoms with Crippen molar-refractivity contribution >= 4 is 34.7 Å². The summed E-state index contributed by atoms with van der Waals surface area (Å²) < 4.78 is 37.2. The van der Waals surface area contributed by atoms with Gasteiger partial charge in [0.05, 0.1) is 62.7 Å². The number of piperidine rings is 1. The van der Waals surface area contributed by atoms with Gasteiger partial charge in [-0.05, 0) is 122 Å². The van der Waals surface area contributed by atoms with Crippen LogP contribution in [-0.2, 0) is 41.6 Å². The van der Waals surface area contributed by atoms with E-state index in [1.165, 1.54) is 44.1 Å². The average Bonchev–Trinajstić information content (AvgIpc) is 4.01. The molecule has 0 radical (unpaired) electrons. The van der Waals surface area contributed by atoms with E-state index in [9.17, 15) is 18.8 Å². The molecule has 1 aromatic carbocycles. The van der Waals surface area contributed by atoms with Crippen LogP contribution in [0.25, 0.3) is 10.9 Å². The number of anilines is 2. The van der Waals surface area contributed by atoms with Crippen LogP contribution in [0.15, 0.2) is 59.8 Å². The number of amides is 1. The molecule has 16 heteroatoms. The van der Waals surface area contributed by atoms with Crippen molar-refractivity contribution < 1.29 is 32.9 Å². The van der Waals surface area contributed by atoms with Gasteiger partial charge in [-0.15, -0.1) is 0 Å². The Hall–Kier alpha value is -5.00. The number of benzene rings is 1. The maximum absolute atomic E-state index is 14.9. The summed E-state index contributed by atoms with van der Waals surface area (Å²) in [7, 11) is 1.60. The molecule has 2 aliphatic heterocycles. The number of ether oxygens (including phenoxy) is 4. The number of nitrogens with zero attached hydrogens (tertiary/aromatic N) is 5. The molecule has 1 saturated carbocycles. The minimum atomic E-state index is -0.318.